The molecule has 0 aromatic carbocycles. The average molecular weight is 694 g/mol. The van der Waals surface area contributed by atoms with Crippen molar-refractivity contribution < 1.29 is 48.5 Å². The van der Waals surface area contributed by atoms with E-state index in [1.54, 1.807) is 6.92 Å². The summed E-state index contributed by atoms with van der Waals surface area (Å²) >= 11 is 12.2. The first kappa shape index (κ1) is 34.5. The predicted octanol–water partition coefficient (Wildman–Crippen LogP) is -1.54. The Hall–Kier alpha value is -2.00. The van der Waals surface area contributed by atoms with Crippen LogP contribution in [-0.2, 0) is 61.9 Å². The molecule has 0 aromatic rings. The minimum absolute atomic E-state index is 0.131. The summed E-state index contributed by atoms with van der Waals surface area (Å²) in [5.74, 6) is -3.89. The molecule has 4 atom stereocenters. The van der Waals surface area contributed by atoms with Gasteiger partial charge in [0.2, 0.25) is 11.8 Å². The van der Waals surface area contributed by atoms with Crippen LogP contribution >= 0.6 is 38.2 Å². The molecule has 4 heterocycles. The van der Waals surface area contributed by atoms with Gasteiger partial charge in [-0.1, -0.05) is 30.5 Å². The van der Waals surface area contributed by atoms with Crippen molar-refractivity contribution >= 4 is 97.5 Å². The number of nitrogens with zero attached hydrogens (tertiary/aromatic N) is 2. The zero-order valence-electron chi connectivity index (χ0n) is 22.0. The lowest BCUT2D eigenvalue weighted by Crippen LogP contribution is -2.69. The number of ether oxygens (including phenoxy) is 2. The Bertz CT molecular complexity index is 1170. The van der Waals surface area contributed by atoms with E-state index in [9.17, 15) is 39.0 Å². The van der Waals surface area contributed by atoms with E-state index >= 15 is 0 Å². The van der Waals surface area contributed by atoms with E-state index in [1.165, 1.54) is 28.4 Å². The zero-order chi connectivity index (χ0) is 31.1. The van der Waals surface area contributed by atoms with E-state index in [0.29, 0.717) is 49.7 Å². The molecule has 0 aromatic heterocycles. The molecule has 2 fully saturated rings. The molecule has 0 aliphatic carbocycles. The number of carboxylic acid groups (broad SMARTS) is 2. The number of carbonyl (C=O) groups is 6. The van der Waals surface area contributed by atoms with Gasteiger partial charge in [0.25, 0.3) is 0 Å². The fourth-order valence-electron chi connectivity index (χ4n) is 4.27. The standard InChI is InChI=1S/C12H14NO5PS2.C11H13N2O5PS2/c1-6-10(15)13-9(12(16)17)7(5-21-11(6)13)4-18-8(14)2-3-19-20;12-7-9(15)13-8(11(16)17)5(4-21-10(7)13)3-18-6(14)1-2-19-20/h6,11H,2-5H2,1H3,(H,16,17);7,10H,1-4,12H2,(H,16,17)/p-2. The van der Waals surface area contributed by atoms with Gasteiger partial charge in [-0.2, -0.15) is 0 Å². The molecule has 19 heteroatoms. The van der Waals surface area contributed by atoms with Crippen molar-refractivity contribution in [2.75, 3.05) is 37.0 Å². The largest absolute Gasteiger partial charge is 0.543 e. The number of carboxylic acids is 2. The Morgan fingerprint density at radius 1 is 0.857 bits per heavy atom. The first-order valence-electron chi connectivity index (χ1n) is 12.4. The smallest absolute Gasteiger partial charge is 0.306 e. The quantitative estimate of drug-likeness (QED) is 0.140. The molecule has 2 N–H and O–H groups in total. The molecule has 4 aliphatic rings. The Morgan fingerprint density at radius 2 is 1.29 bits per heavy atom. The molecule has 0 spiro atoms. The number of carbonyl (C=O) groups excluding carboxylic acids is 6. The second-order valence-electron chi connectivity index (χ2n) is 9.14. The normalized spacial score (nSPS) is 24.6. The second-order valence-corrected chi connectivity index (χ2v) is 14.3. The van der Waals surface area contributed by atoms with E-state index < -0.39 is 35.8 Å². The van der Waals surface area contributed by atoms with Crippen molar-refractivity contribution in [1.29, 1.82) is 0 Å². The van der Waals surface area contributed by atoms with Crippen LogP contribution in [-0.4, -0.2) is 99.3 Å². The molecule has 13 nitrogen and oxygen atoms in total. The van der Waals surface area contributed by atoms with Crippen molar-refractivity contribution in [3.05, 3.63) is 22.5 Å². The monoisotopic (exact) mass is 693 g/mol. The first-order valence-corrected chi connectivity index (χ1v) is 18.6. The number of hydrogen-bond donors (Lipinski definition) is 1. The predicted molar refractivity (Wildman–Crippen MR) is 157 cm³/mol. The molecule has 2 saturated heterocycles. The number of rotatable bonds is 12. The number of nitrogens with two attached hydrogens (primary N) is 1. The third-order valence-corrected chi connectivity index (χ3v) is 11.2. The summed E-state index contributed by atoms with van der Waals surface area (Å²) in [6, 6.07) is -0.695. The van der Waals surface area contributed by atoms with E-state index in [2.05, 4.69) is 0 Å². The summed E-state index contributed by atoms with van der Waals surface area (Å²) in [5, 5.41) is 22.0. The Morgan fingerprint density at radius 3 is 1.71 bits per heavy atom. The van der Waals surface area contributed by atoms with Crippen molar-refractivity contribution in [3.63, 3.8) is 0 Å². The van der Waals surface area contributed by atoms with Gasteiger partial charge in [0, 0.05) is 35.0 Å². The molecule has 42 heavy (non-hydrogen) atoms. The number of aliphatic carboxylic acids is 2. The highest BCUT2D eigenvalue weighted by Crippen LogP contribution is 2.43. The second kappa shape index (κ2) is 15.6. The van der Waals surface area contributed by atoms with Crippen LogP contribution in [0.2, 0.25) is 0 Å². The molecular weight excluding hydrogens is 668 g/mol. The molecule has 4 unspecified atom stereocenters. The van der Waals surface area contributed by atoms with Crippen LogP contribution in [0.25, 0.3) is 0 Å². The number of fused-ring (bicyclic) bond motifs is 2. The van der Waals surface area contributed by atoms with Crippen LogP contribution in [0.1, 0.15) is 19.8 Å². The van der Waals surface area contributed by atoms with Crippen LogP contribution in [0.4, 0.5) is 0 Å². The molecule has 4 aliphatic heterocycles. The average Bonchev–Trinajstić information content (AvgIpc) is 2.98. The van der Waals surface area contributed by atoms with Gasteiger partial charge in [0.05, 0.1) is 47.5 Å². The van der Waals surface area contributed by atoms with Gasteiger partial charge >= 0.3 is 11.9 Å². The number of amides is 2. The maximum atomic E-state index is 11.8. The zero-order valence-corrected chi connectivity index (χ0v) is 27.1. The summed E-state index contributed by atoms with van der Waals surface area (Å²) in [6.07, 6.45) is 1.42. The van der Waals surface area contributed by atoms with Crippen LogP contribution in [0.5, 0.6) is 0 Å². The third kappa shape index (κ3) is 7.74. The highest BCUT2D eigenvalue weighted by Gasteiger charge is 2.51. The van der Waals surface area contributed by atoms with E-state index in [0.717, 1.165) is 4.90 Å². The Labute approximate surface area is 262 Å². The van der Waals surface area contributed by atoms with Crippen LogP contribution in [0.15, 0.2) is 22.5 Å². The van der Waals surface area contributed by atoms with Gasteiger partial charge in [-0.3, -0.25) is 29.0 Å². The summed E-state index contributed by atoms with van der Waals surface area (Å²) < 4.78 is 10.1. The summed E-state index contributed by atoms with van der Waals surface area (Å²) in [5.41, 5.74) is 6.00. The van der Waals surface area contributed by atoms with Gasteiger partial charge < -0.3 is 35.0 Å². The molecule has 0 saturated carbocycles. The number of β-lactam (4-membered cyclic amide) rings is 2. The molecular formula is C23H25N3O10P2S4-2. The minimum atomic E-state index is -1.46. The van der Waals surface area contributed by atoms with Crippen molar-refractivity contribution in [1.82, 2.24) is 9.80 Å². The van der Waals surface area contributed by atoms with Crippen molar-refractivity contribution in [3.8, 4) is 0 Å². The summed E-state index contributed by atoms with van der Waals surface area (Å²) in [7, 11) is 1.36. The number of thioether (sulfide) groups is 2. The lowest BCUT2D eigenvalue weighted by molar-refractivity contribution is -0.303. The molecule has 228 valence electrons. The van der Waals surface area contributed by atoms with Gasteiger partial charge in [0.15, 0.2) is 0 Å². The molecule has 0 bridgehead atoms. The number of hydrogen-bond acceptors (Lipinski definition) is 15. The van der Waals surface area contributed by atoms with E-state index in [-0.39, 0.29) is 60.0 Å². The van der Waals surface area contributed by atoms with Crippen LogP contribution < -0.4 is 15.9 Å². The highest BCUT2D eigenvalue weighted by atomic mass is 32.4. The summed E-state index contributed by atoms with van der Waals surface area (Å²) in [4.78, 5) is 71.3. The van der Waals surface area contributed by atoms with Crippen molar-refractivity contribution in [2.24, 2.45) is 11.7 Å². The SMILES string of the molecule is CC1C(=O)N2C(C(=O)[O-])=C(COC(=O)CCP=S)CSC12.NC1C(=O)N2C(C(=O)[O-])=C(COC(=O)CCP=S)CSC12. The van der Waals surface area contributed by atoms with Gasteiger partial charge in [0.1, 0.15) is 24.6 Å². The van der Waals surface area contributed by atoms with E-state index in [1.807, 2.05) is 0 Å². The molecule has 2 amide bonds. The fourth-order valence-corrected chi connectivity index (χ4v) is 8.00. The van der Waals surface area contributed by atoms with Gasteiger partial charge in [-0.05, 0) is 14.7 Å². The topological polar surface area (TPSA) is 200 Å². The maximum Gasteiger partial charge on any atom is 0.306 e. The Balaban J connectivity index is 0.000000230. The third-order valence-electron chi connectivity index (χ3n) is 6.42. The Kier molecular flexibility index (Phi) is 12.8. The van der Waals surface area contributed by atoms with Crippen molar-refractivity contribution in [2.45, 2.75) is 36.6 Å². The van der Waals surface area contributed by atoms with Crippen LogP contribution in [0.3, 0.4) is 0 Å². The van der Waals surface area contributed by atoms with E-state index in [4.69, 9.17) is 38.8 Å². The number of esters is 2. The summed E-state index contributed by atoms with van der Waals surface area (Å²) in [6.45, 7) is 1.46. The fraction of sp³-hybridized carbons (Fsp3) is 0.565. The van der Waals surface area contributed by atoms with Gasteiger partial charge in [-0.15, -0.1) is 23.5 Å². The molecule has 0 radical (unpaired) electrons. The highest BCUT2D eigenvalue weighted by molar-refractivity contribution is 8.00. The van der Waals surface area contributed by atoms with Crippen LogP contribution in [0, 0.1) is 5.92 Å². The maximum absolute atomic E-state index is 11.8. The first-order chi connectivity index (χ1) is 19.9. The minimum Gasteiger partial charge on any atom is -0.543 e. The lowest BCUT2D eigenvalue weighted by atomic mass is 9.98. The lowest BCUT2D eigenvalue weighted by Gasteiger charge is -2.49. The molecule has 4 rings (SSSR count). The van der Waals surface area contributed by atoms with Gasteiger partial charge in [-0.25, -0.2) is 0 Å².